The highest BCUT2D eigenvalue weighted by atomic mass is 32.1. The Balaban J connectivity index is 1.35. The number of aromatic nitrogens is 5. The second kappa shape index (κ2) is 7.06. The molecule has 0 bridgehead atoms. The molecule has 9 heteroatoms. The second-order valence-corrected chi connectivity index (χ2v) is 8.31. The molecule has 3 aromatic rings. The van der Waals surface area contributed by atoms with Crippen LogP contribution in [0.3, 0.4) is 0 Å². The van der Waals surface area contributed by atoms with E-state index in [1.165, 1.54) is 24.4 Å². The predicted octanol–water partition coefficient (Wildman–Crippen LogP) is 2.26. The third kappa shape index (κ3) is 3.43. The molecule has 1 atom stereocenters. The minimum atomic E-state index is 0.116. The molecule has 0 amide bonds. The number of piperazine rings is 1. The first-order chi connectivity index (χ1) is 13.7. The molecule has 5 rings (SSSR count). The molecule has 1 aromatic carbocycles. The molecule has 1 saturated heterocycles. The fourth-order valence-corrected chi connectivity index (χ4v) is 4.11. The quantitative estimate of drug-likeness (QED) is 0.694. The fraction of sp³-hybridized carbons (Fsp3) is 0.421. The van der Waals surface area contributed by atoms with Crippen LogP contribution in [0.15, 0.2) is 24.4 Å². The Morgan fingerprint density at radius 1 is 1.25 bits per heavy atom. The normalized spacial score (nSPS) is 19.8. The first kappa shape index (κ1) is 17.4. The van der Waals surface area contributed by atoms with Crippen LogP contribution in [-0.4, -0.2) is 55.3 Å². The summed E-state index contributed by atoms with van der Waals surface area (Å²) in [6.45, 7) is 4.65. The van der Waals surface area contributed by atoms with E-state index in [0.29, 0.717) is 29.1 Å². The zero-order valence-electron chi connectivity index (χ0n) is 15.5. The number of nitrogens with one attached hydrogen (secondary N) is 1. The highest BCUT2D eigenvalue weighted by Gasteiger charge is 2.34. The molecule has 2 N–H and O–H groups in total. The summed E-state index contributed by atoms with van der Waals surface area (Å²) >= 11 is 1.34. The predicted molar refractivity (Wildman–Crippen MR) is 107 cm³/mol. The Labute approximate surface area is 166 Å². The van der Waals surface area contributed by atoms with Gasteiger partial charge in [-0.3, -0.25) is 0 Å². The van der Waals surface area contributed by atoms with E-state index >= 15 is 0 Å². The van der Waals surface area contributed by atoms with Gasteiger partial charge in [-0.25, -0.2) is 9.97 Å². The number of hydrogen-bond acceptors (Lipinski definition) is 9. The van der Waals surface area contributed by atoms with Gasteiger partial charge in [0.25, 0.3) is 0 Å². The van der Waals surface area contributed by atoms with Gasteiger partial charge in [0, 0.05) is 36.8 Å². The van der Waals surface area contributed by atoms with Crippen molar-refractivity contribution in [2.45, 2.75) is 25.8 Å². The molecule has 0 spiro atoms. The van der Waals surface area contributed by atoms with E-state index in [1.54, 1.807) is 18.3 Å². The number of hydrogen-bond donors (Lipinski definition) is 2. The fourth-order valence-electron chi connectivity index (χ4n) is 3.62. The van der Waals surface area contributed by atoms with Gasteiger partial charge in [0.05, 0.1) is 6.20 Å². The first-order valence-corrected chi connectivity index (χ1v) is 10.3. The van der Waals surface area contributed by atoms with Gasteiger partial charge in [-0.1, -0.05) is 6.07 Å². The summed E-state index contributed by atoms with van der Waals surface area (Å²) in [5.41, 5.74) is 1.91. The van der Waals surface area contributed by atoms with Gasteiger partial charge < -0.3 is 15.3 Å². The number of phenolic OH excluding ortho intramolecular Hbond substituents is 1. The summed E-state index contributed by atoms with van der Waals surface area (Å²) < 4.78 is 4.28. The van der Waals surface area contributed by atoms with Crippen molar-refractivity contribution < 1.29 is 5.11 Å². The summed E-state index contributed by atoms with van der Waals surface area (Å²) in [5.74, 6) is 2.17. The van der Waals surface area contributed by atoms with E-state index in [2.05, 4.69) is 34.8 Å². The van der Waals surface area contributed by atoms with Crippen molar-refractivity contribution >= 4 is 17.5 Å². The van der Waals surface area contributed by atoms with Crippen LogP contribution in [-0.2, 0) is 0 Å². The lowest BCUT2D eigenvalue weighted by molar-refractivity contribution is 0.414. The molecule has 28 heavy (non-hydrogen) atoms. The van der Waals surface area contributed by atoms with E-state index in [1.807, 2.05) is 13.0 Å². The topological polar surface area (TPSA) is 100.0 Å². The van der Waals surface area contributed by atoms with Crippen molar-refractivity contribution in [2.24, 2.45) is 5.92 Å². The Bertz CT molecular complexity index is 986. The summed E-state index contributed by atoms with van der Waals surface area (Å²) in [5, 5.41) is 23.6. The van der Waals surface area contributed by atoms with Crippen LogP contribution in [0.1, 0.15) is 17.8 Å². The largest absolute Gasteiger partial charge is 0.507 e. The maximum Gasteiger partial charge on any atom is 0.245 e. The minimum Gasteiger partial charge on any atom is -0.507 e. The van der Waals surface area contributed by atoms with Gasteiger partial charge in [0.15, 0.2) is 5.82 Å². The zero-order valence-corrected chi connectivity index (χ0v) is 16.4. The molecule has 1 saturated carbocycles. The van der Waals surface area contributed by atoms with Crippen LogP contribution in [0, 0.1) is 12.8 Å². The summed E-state index contributed by atoms with van der Waals surface area (Å²) in [6.07, 6.45) is 4.31. The summed E-state index contributed by atoms with van der Waals surface area (Å²) in [7, 11) is 0. The molecule has 0 unspecified atom stereocenters. The van der Waals surface area contributed by atoms with Crippen LogP contribution >= 0.6 is 11.5 Å². The van der Waals surface area contributed by atoms with Crippen LogP contribution in [0.25, 0.3) is 22.6 Å². The van der Waals surface area contributed by atoms with E-state index in [0.717, 1.165) is 36.1 Å². The average molecular weight is 395 g/mol. The molecule has 2 aliphatic rings. The van der Waals surface area contributed by atoms with Crippen LogP contribution in [0.4, 0.5) is 5.95 Å². The number of aromatic hydroxyl groups is 1. The Morgan fingerprint density at radius 3 is 2.82 bits per heavy atom. The van der Waals surface area contributed by atoms with Gasteiger partial charge in [-0.05, 0) is 49.3 Å². The highest BCUT2D eigenvalue weighted by Crippen LogP contribution is 2.34. The lowest BCUT2D eigenvalue weighted by Crippen LogP contribution is -2.52. The number of benzene rings is 1. The van der Waals surface area contributed by atoms with E-state index in [9.17, 15) is 5.11 Å². The van der Waals surface area contributed by atoms with Gasteiger partial charge in [0.2, 0.25) is 5.95 Å². The van der Waals surface area contributed by atoms with E-state index in [4.69, 9.17) is 0 Å². The zero-order chi connectivity index (χ0) is 19.1. The third-order valence-electron chi connectivity index (χ3n) is 5.29. The van der Waals surface area contributed by atoms with Gasteiger partial charge in [0.1, 0.15) is 16.5 Å². The standard InChI is InChI=1S/C19H21N7OS/c1-11-22-18(25-28-11)13-4-5-14(17(27)8-13)15-9-21-19(24-23-15)26-7-6-20-16(10-26)12-2-3-12/h4-5,8-9,12,16,20,27H,2-3,6-7,10H2,1H3/t16-/m1/s1. The van der Waals surface area contributed by atoms with Crippen molar-refractivity contribution in [3.05, 3.63) is 29.4 Å². The lowest BCUT2D eigenvalue weighted by Gasteiger charge is -2.33. The SMILES string of the molecule is Cc1nc(-c2ccc(-c3cnc(N4CCN[C@@H](C5CC5)C4)nn3)c(O)c2)ns1. The molecule has 8 nitrogen and oxygen atoms in total. The van der Waals surface area contributed by atoms with Crippen LogP contribution in [0.2, 0.25) is 0 Å². The number of rotatable bonds is 4. The minimum absolute atomic E-state index is 0.116. The second-order valence-electron chi connectivity index (χ2n) is 7.36. The molecular formula is C19H21N7OS. The van der Waals surface area contributed by atoms with Gasteiger partial charge in [-0.15, -0.1) is 10.2 Å². The smallest absolute Gasteiger partial charge is 0.245 e. The molecule has 2 aromatic heterocycles. The molecule has 1 aliphatic heterocycles. The van der Waals surface area contributed by atoms with Crippen LogP contribution < -0.4 is 10.2 Å². The lowest BCUT2D eigenvalue weighted by atomic mass is 10.1. The summed E-state index contributed by atoms with van der Waals surface area (Å²) in [6, 6.07) is 5.86. The van der Waals surface area contributed by atoms with Crippen molar-refractivity contribution in [1.29, 1.82) is 0 Å². The Morgan fingerprint density at radius 2 is 2.14 bits per heavy atom. The number of phenols is 1. The Kier molecular flexibility index (Phi) is 4.40. The van der Waals surface area contributed by atoms with Crippen molar-refractivity contribution in [3.63, 3.8) is 0 Å². The average Bonchev–Trinajstić information content (AvgIpc) is 3.49. The molecule has 2 fully saturated rings. The van der Waals surface area contributed by atoms with E-state index in [-0.39, 0.29) is 5.75 Å². The highest BCUT2D eigenvalue weighted by molar-refractivity contribution is 7.05. The van der Waals surface area contributed by atoms with Crippen molar-refractivity contribution in [1.82, 2.24) is 29.9 Å². The third-order valence-corrected chi connectivity index (χ3v) is 5.91. The molecular weight excluding hydrogens is 374 g/mol. The maximum atomic E-state index is 10.5. The number of anilines is 1. The van der Waals surface area contributed by atoms with Crippen LogP contribution in [0.5, 0.6) is 5.75 Å². The van der Waals surface area contributed by atoms with Crippen molar-refractivity contribution in [3.8, 4) is 28.4 Å². The molecule has 3 heterocycles. The van der Waals surface area contributed by atoms with Crippen molar-refractivity contribution in [2.75, 3.05) is 24.5 Å². The summed E-state index contributed by atoms with van der Waals surface area (Å²) in [4.78, 5) is 11.1. The monoisotopic (exact) mass is 395 g/mol. The van der Waals surface area contributed by atoms with Gasteiger partial charge in [-0.2, -0.15) is 4.37 Å². The number of nitrogens with zero attached hydrogens (tertiary/aromatic N) is 6. The molecule has 0 radical (unpaired) electrons. The molecule has 144 valence electrons. The Hall–Kier alpha value is -2.65. The maximum absolute atomic E-state index is 10.5. The first-order valence-electron chi connectivity index (χ1n) is 9.49. The van der Waals surface area contributed by atoms with Gasteiger partial charge >= 0.3 is 0 Å². The van der Waals surface area contributed by atoms with E-state index < -0.39 is 0 Å². The number of aryl methyl sites for hydroxylation is 1. The molecule has 1 aliphatic carbocycles.